The van der Waals surface area contributed by atoms with Gasteiger partial charge in [-0.3, -0.25) is 0 Å². The quantitative estimate of drug-likeness (QED) is 0.489. The molecule has 0 saturated heterocycles. The van der Waals surface area contributed by atoms with E-state index in [0.29, 0.717) is 0 Å². The Hall–Kier alpha value is -0.690. The minimum Gasteiger partial charge on any atom is -0.122 e. The highest BCUT2D eigenvalue weighted by atomic mass is 32.2. The maximum Gasteiger partial charge on any atom is 0.0158 e. The zero-order valence-electron chi connectivity index (χ0n) is 6.71. The summed E-state index contributed by atoms with van der Waals surface area (Å²) in [6.07, 6.45) is 1.93. The third-order valence-electron chi connectivity index (χ3n) is 1.45. The van der Waals surface area contributed by atoms with Crippen molar-refractivity contribution in [3.63, 3.8) is 0 Å². The molecule has 1 aromatic rings. The lowest BCUT2D eigenvalue weighted by molar-refractivity contribution is 1.30. The highest BCUT2D eigenvalue weighted by Crippen LogP contribution is 2.21. The number of rotatable bonds is 3. The van der Waals surface area contributed by atoms with Gasteiger partial charge < -0.3 is 0 Å². The van der Waals surface area contributed by atoms with E-state index in [1.54, 1.807) is 0 Å². The molecule has 0 aliphatic heterocycles. The highest BCUT2D eigenvalue weighted by molar-refractivity contribution is 7.99. The van der Waals surface area contributed by atoms with Gasteiger partial charge in [0.05, 0.1) is 0 Å². The lowest BCUT2D eigenvalue weighted by atomic mass is 10.2. The minimum absolute atomic E-state index is 0. The van der Waals surface area contributed by atoms with Crippen LogP contribution in [0, 0.1) is 6.92 Å². The van der Waals surface area contributed by atoms with Crippen molar-refractivity contribution < 1.29 is 1.43 Å². The van der Waals surface area contributed by atoms with E-state index in [0.717, 1.165) is 5.75 Å². The van der Waals surface area contributed by atoms with Crippen LogP contribution in [0.25, 0.3) is 0 Å². The average molecular weight is 166 g/mol. The first-order valence-corrected chi connectivity index (χ1v) is 4.62. The van der Waals surface area contributed by atoms with Gasteiger partial charge in [0.1, 0.15) is 0 Å². The van der Waals surface area contributed by atoms with E-state index in [4.69, 9.17) is 0 Å². The molecule has 0 radical (unpaired) electrons. The predicted molar refractivity (Wildman–Crippen MR) is 54.2 cm³/mol. The van der Waals surface area contributed by atoms with Gasteiger partial charge in [-0.25, -0.2) is 0 Å². The molecule has 0 spiro atoms. The molecule has 0 aromatic heterocycles. The Morgan fingerprint density at radius 1 is 1.55 bits per heavy atom. The molecule has 60 valence electrons. The van der Waals surface area contributed by atoms with Gasteiger partial charge in [0.15, 0.2) is 0 Å². The lowest BCUT2D eigenvalue weighted by Crippen LogP contribution is -1.78. The van der Waals surface area contributed by atoms with Crippen LogP contribution in [0.15, 0.2) is 41.8 Å². The molecule has 0 amide bonds. The van der Waals surface area contributed by atoms with E-state index in [1.165, 1.54) is 10.5 Å². The Balaban J connectivity index is 0.00000121. The van der Waals surface area contributed by atoms with E-state index in [9.17, 15) is 0 Å². The van der Waals surface area contributed by atoms with E-state index in [-0.39, 0.29) is 1.43 Å². The van der Waals surface area contributed by atoms with E-state index in [1.807, 2.05) is 17.8 Å². The van der Waals surface area contributed by atoms with Gasteiger partial charge in [-0.15, -0.1) is 18.3 Å². The summed E-state index contributed by atoms with van der Waals surface area (Å²) >= 11 is 1.83. The second-order valence-electron chi connectivity index (χ2n) is 2.37. The summed E-state index contributed by atoms with van der Waals surface area (Å²) in [5.41, 5.74) is 1.35. The molecule has 0 aliphatic carbocycles. The maximum atomic E-state index is 3.68. The molecule has 0 aliphatic rings. The molecule has 1 aromatic carbocycles. The first-order chi connectivity index (χ1) is 5.34. The van der Waals surface area contributed by atoms with E-state index < -0.39 is 0 Å². The normalized spacial score (nSPS) is 9.55. The topological polar surface area (TPSA) is 0 Å². The zero-order chi connectivity index (χ0) is 8.10. The Kier molecular flexibility index (Phi) is 3.24. The van der Waals surface area contributed by atoms with Crippen molar-refractivity contribution in [2.75, 3.05) is 5.75 Å². The van der Waals surface area contributed by atoms with Crippen molar-refractivity contribution in [2.45, 2.75) is 11.8 Å². The Labute approximate surface area is 73.8 Å². The molecule has 0 N–H and O–H groups in total. The fourth-order valence-electron chi connectivity index (χ4n) is 0.867. The number of benzene rings is 1. The Morgan fingerprint density at radius 2 is 2.27 bits per heavy atom. The molecule has 0 unspecified atom stereocenters. The molecular weight excluding hydrogens is 152 g/mol. The van der Waals surface area contributed by atoms with Crippen molar-refractivity contribution in [3.05, 3.63) is 42.5 Å². The third kappa shape index (κ3) is 2.43. The van der Waals surface area contributed by atoms with Crippen LogP contribution in [0.1, 0.15) is 6.99 Å². The fourth-order valence-corrected chi connectivity index (χ4v) is 1.63. The molecule has 0 fully saturated rings. The predicted octanol–water partition coefficient (Wildman–Crippen LogP) is 3.52. The number of hydrogen-bond acceptors (Lipinski definition) is 1. The largest absolute Gasteiger partial charge is 0.122 e. The SMILES string of the molecule is C=CCSc1ccccc1C.[HH]. The van der Waals surface area contributed by atoms with Crippen LogP contribution in [0.4, 0.5) is 0 Å². The molecule has 1 rings (SSSR count). The van der Waals surface area contributed by atoms with Crippen molar-refractivity contribution in [2.24, 2.45) is 0 Å². The van der Waals surface area contributed by atoms with Crippen molar-refractivity contribution >= 4 is 11.8 Å². The van der Waals surface area contributed by atoms with Gasteiger partial charge in [-0.1, -0.05) is 24.3 Å². The van der Waals surface area contributed by atoms with Crippen molar-refractivity contribution in [3.8, 4) is 0 Å². The summed E-state index contributed by atoms with van der Waals surface area (Å²) in [4.78, 5) is 1.35. The molecule has 0 bridgehead atoms. The maximum absolute atomic E-state index is 3.68. The van der Waals surface area contributed by atoms with Crippen LogP contribution < -0.4 is 0 Å². The smallest absolute Gasteiger partial charge is 0.0158 e. The van der Waals surface area contributed by atoms with Crippen molar-refractivity contribution in [1.82, 2.24) is 0 Å². The van der Waals surface area contributed by atoms with Gasteiger partial charge in [0.25, 0.3) is 0 Å². The zero-order valence-corrected chi connectivity index (χ0v) is 7.53. The number of aryl methyl sites for hydroxylation is 1. The van der Waals surface area contributed by atoms with Gasteiger partial charge in [-0.05, 0) is 18.6 Å². The monoisotopic (exact) mass is 166 g/mol. The Morgan fingerprint density at radius 3 is 2.91 bits per heavy atom. The second-order valence-corrected chi connectivity index (χ2v) is 3.43. The summed E-state index contributed by atoms with van der Waals surface area (Å²) in [7, 11) is 0. The summed E-state index contributed by atoms with van der Waals surface area (Å²) in [6, 6.07) is 8.40. The number of hydrogen-bond donors (Lipinski definition) is 0. The van der Waals surface area contributed by atoms with Crippen LogP contribution in [0.2, 0.25) is 0 Å². The third-order valence-corrected chi connectivity index (χ3v) is 2.62. The first kappa shape index (κ1) is 8.41. The first-order valence-electron chi connectivity index (χ1n) is 3.64. The minimum atomic E-state index is 0. The van der Waals surface area contributed by atoms with Gasteiger partial charge in [-0.2, -0.15) is 0 Å². The molecule has 0 atom stereocenters. The molecule has 0 heterocycles. The van der Waals surface area contributed by atoms with Crippen LogP contribution in [0.3, 0.4) is 0 Å². The number of thioether (sulfide) groups is 1. The molecule has 11 heavy (non-hydrogen) atoms. The summed E-state index contributed by atoms with van der Waals surface area (Å²) in [5.74, 6) is 0.991. The van der Waals surface area contributed by atoms with Gasteiger partial charge >= 0.3 is 0 Å². The molecule has 0 nitrogen and oxygen atoms in total. The lowest BCUT2D eigenvalue weighted by Gasteiger charge is -2.01. The standard InChI is InChI=1S/C10H12S.H2/c1-3-8-11-10-7-5-4-6-9(10)2;/h3-7H,1,8H2,2H3;1H. The van der Waals surface area contributed by atoms with Crippen LogP contribution in [-0.2, 0) is 0 Å². The van der Waals surface area contributed by atoms with Gasteiger partial charge in [0.2, 0.25) is 0 Å². The van der Waals surface area contributed by atoms with Crippen LogP contribution in [-0.4, -0.2) is 5.75 Å². The fraction of sp³-hybridized carbons (Fsp3) is 0.200. The Bertz CT molecular complexity index is 245. The summed E-state index contributed by atoms with van der Waals surface area (Å²) < 4.78 is 0. The van der Waals surface area contributed by atoms with Gasteiger partial charge in [0, 0.05) is 12.1 Å². The van der Waals surface area contributed by atoms with E-state index >= 15 is 0 Å². The molecule has 0 saturated carbocycles. The average Bonchev–Trinajstić information content (AvgIpc) is 2.03. The second kappa shape index (κ2) is 4.24. The highest BCUT2D eigenvalue weighted by Gasteiger charge is 1.93. The van der Waals surface area contributed by atoms with Crippen LogP contribution >= 0.6 is 11.8 Å². The molecule has 1 heteroatoms. The van der Waals surface area contributed by atoms with E-state index in [2.05, 4.69) is 37.8 Å². The van der Waals surface area contributed by atoms with Crippen molar-refractivity contribution in [1.29, 1.82) is 0 Å². The summed E-state index contributed by atoms with van der Waals surface area (Å²) in [6.45, 7) is 5.81. The molecular formula is C10H14S. The summed E-state index contributed by atoms with van der Waals surface area (Å²) in [5, 5.41) is 0. The van der Waals surface area contributed by atoms with Crippen LogP contribution in [0.5, 0.6) is 0 Å².